The molecule has 1 unspecified atom stereocenters. The number of likely N-dealkylation sites (N-methyl/N-ethyl adjacent to an activating group) is 1. The fraction of sp³-hybridized carbons (Fsp3) is 0.469. The van der Waals surface area contributed by atoms with Gasteiger partial charge in [-0.15, -0.1) is 0 Å². The SMILES string of the molecule is CNC(=O)C(CCC=O)N1C(=O)c2cccc(NCCOCCOCCOCCOCCOc3ccc(NC(C)=O)cc3)c2C1=O. The molecular weight excluding hydrogens is 600 g/mol. The van der Waals surface area contributed by atoms with Crippen LogP contribution in [0.25, 0.3) is 0 Å². The summed E-state index contributed by atoms with van der Waals surface area (Å²) in [6.45, 7) is 5.40. The lowest BCUT2D eigenvalue weighted by atomic mass is 10.1. The summed E-state index contributed by atoms with van der Waals surface area (Å²) in [5.74, 6) is -1.10. The molecule has 0 radical (unpaired) electrons. The number of benzene rings is 2. The number of ether oxygens (including phenoxy) is 5. The summed E-state index contributed by atoms with van der Waals surface area (Å²) >= 11 is 0. The van der Waals surface area contributed by atoms with Crippen LogP contribution in [-0.2, 0) is 33.3 Å². The number of aldehydes is 1. The van der Waals surface area contributed by atoms with Crippen LogP contribution >= 0.6 is 0 Å². The van der Waals surface area contributed by atoms with Gasteiger partial charge in [0.05, 0.1) is 64.0 Å². The topological polar surface area (TPSA) is 171 Å². The predicted octanol–water partition coefficient (Wildman–Crippen LogP) is 1.89. The van der Waals surface area contributed by atoms with E-state index in [1.54, 1.807) is 42.5 Å². The second-order valence-electron chi connectivity index (χ2n) is 10.0. The minimum Gasteiger partial charge on any atom is -0.491 e. The van der Waals surface area contributed by atoms with Crippen LogP contribution in [0.4, 0.5) is 11.4 Å². The molecule has 250 valence electrons. The molecule has 3 rings (SSSR count). The van der Waals surface area contributed by atoms with Gasteiger partial charge < -0.3 is 44.4 Å². The number of nitrogens with zero attached hydrogens (tertiary/aromatic N) is 1. The average Bonchev–Trinajstić information content (AvgIpc) is 3.31. The Morgan fingerprint density at radius 2 is 1.43 bits per heavy atom. The van der Waals surface area contributed by atoms with Gasteiger partial charge in [-0.05, 0) is 42.8 Å². The van der Waals surface area contributed by atoms with E-state index in [-0.39, 0.29) is 29.9 Å². The number of amides is 4. The second kappa shape index (κ2) is 19.9. The first-order chi connectivity index (χ1) is 22.4. The minimum absolute atomic E-state index is 0.0397. The zero-order valence-electron chi connectivity index (χ0n) is 26.2. The van der Waals surface area contributed by atoms with Crippen molar-refractivity contribution in [2.24, 2.45) is 0 Å². The van der Waals surface area contributed by atoms with Crippen molar-refractivity contribution in [3.63, 3.8) is 0 Å². The molecule has 0 saturated heterocycles. The Kier molecular flexibility index (Phi) is 15.6. The van der Waals surface area contributed by atoms with Crippen LogP contribution in [0.3, 0.4) is 0 Å². The van der Waals surface area contributed by atoms with Gasteiger partial charge in [-0.2, -0.15) is 0 Å². The molecule has 1 atom stereocenters. The monoisotopic (exact) mass is 642 g/mol. The highest BCUT2D eigenvalue weighted by atomic mass is 16.6. The van der Waals surface area contributed by atoms with Gasteiger partial charge in [0.1, 0.15) is 24.7 Å². The van der Waals surface area contributed by atoms with Crippen LogP contribution in [0.5, 0.6) is 5.75 Å². The molecule has 0 spiro atoms. The Morgan fingerprint density at radius 3 is 2.02 bits per heavy atom. The standard InChI is InChI=1S/C32H42N4O10/c1-23(38)35-24-8-10-25(11-9-24)46-22-21-45-20-19-44-18-17-43-16-15-42-14-12-34-27-6-3-5-26-29(27)32(41)36(31(26)40)28(7-4-13-37)30(39)33-2/h3,5-6,8-11,13,28,34H,4,7,12,14-22H2,1-2H3,(H,33,39)(H,35,38). The highest BCUT2D eigenvalue weighted by Crippen LogP contribution is 2.31. The summed E-state index contributed by atoms with van der Waals surface area (Å²) in [5, 5.41) is 8.28. The molecule has 0 saturated carbocycles. The van der Waals surface area contributed by atoms with E-state index in [9.17, 15) is 24.0 Å². The fourth-order valence-corrected chi connectivity index (χ4v) is 4.58. The number of hydrogen-bond acceptors (Lipinski definition) is 11. The number of carbonyl (C=O) groups excluding carboxylic acids is 5. The van der Waals surface area contributed by atoms with Gasteiger partial charge in [-0.3, -0.25) is 24.1 Å². The van der Waals surface area contributed by atoms with Crippen LogP contribution in [0.1, 0.15) is 40.5 Å². The molecular formula is C32H42N4O10. The van der Waals surface area contributed by atoms with E-state index in [0.717, 1.165) is 4.90 Å². The number of nitrogens with one attached hydrogen (secondary N) is 3. The Bertz CT molecular complexity index is 1300. The largest absolute Gasteiger partial charge is 0.491 e. The van der Waals surface area contributed by atoms with E-state index in [2.05, 4.69) is 16.0 Å². The summed E-state index contributed by atoms with van der Waals surface area (Å²) < 4.78 is 27.6. The van der Waals surface area contributed by atoms with Gasteiger partial charge in [0, 0.05) is 38.3 Å². The normalized spacial score (nSPS) is 12.9. The molecule has 14 heteroatoms. The molecule has 2 aromatic rings. The van der Waals surface area contributed by atoms with Crippen molar-refractivity contribution >= 4 is 41.3 Å². The van der Waals surface area contributed by atoms with Crippen molar-refractivity contribution in [2.75, 3.05) is 83.7 Å². The third-order valence-electron chi connectivity index (χ3n) is 6.71. The van der Waals surface area contributed by atoms with Crippen LogP contribution < -0.4 is 20.7 Å². The van der Waals surface area contributed by atoms with Crippen LogP contribution in [0, 0.1) is 0 Å². The number of anilines is 2. The van der Waals surface area contributed by atoms with Crippen molar-refractivity contribution in [2.45, 2.75) is 25.8 Å². The van der Waals surface area contributed by atoms with E-state index in [1.165, 1.54) is 14.0 Å². The maximum atomic E-state index is 13.2. The molecule has 4 amide bonds. The molecule has 1 aliphatic rings. The first-order valence-corrected chi connectivity index (χ1v) is 15.1. The third-order valence-corrected chi connectivity index (χ3v) is 6.71. The van der Waals surface area contributed by atoms with Gasteiger partial charge in [0.25, 0.3) is 11.8 Å². The lowest BCUT2D eigenvalue weighted by Crippen LogP contribution is -2.48. The maximum absolute atomic E-state index is 13.2. The Balaban J connectivity index is 1.21. The molecule has 1 aliphatic heterocycles. The Morgan fingerprint density at radius 1 is 0.826 bits per heavy atom. The number of fused-ring (bicyclic) bond motifs is 1. The van der Waals surface area contributed by atoms with Gasteiger partial charge >= 0.3 is 0 Å². The minimum atomic E-state index is -1.07. The maximum Gasteiger partial charge on any atom is 0.264 e. The highest BCUT2D eigenvalue weighted by Gasteiger charge is 2.43. The molecule has 0 bridgehead atoms. The van der Waals surface area contributed by atoms with Gasteiger partial charge in [-0.25, -0.2) is 0 Å². The first kappa shape index (κ1) is 36.1. The Hall–Kier alpha value is -4.37. The summed E-state index contributed by atoms with van der Waals surface area (Å²) in [6, 6.07) is 10.9. The molecule has 46 heavy (non-hydrogen) atoms. The van der Waals surface area contributed by atoms with Crippen LogP contribution in [0.15, 0.2) is 42.5 Å². The first-order valence-electron chi connectivity index (χ1n) is 15.1. The molecule has 2 aromatic carbocycles. The second-order valence-corrected chi connectivity index (χ2v) is 10.0. The quantitative estimate of drug-likeness (QED) is 0.0919. The van der Waals surface area contributed by atoms with Crippen molar-refractivity contribution < 1.29 is 47.7 Å². The number of rotatable bonds is 23. The van der Waals surface area contributed by atoms with E-state index < -0.39 is 23.8 Å². The molecule has 0 fully saturated rings. The van der Waals surface area contributed by atoms with Gasteiger partial charge in [-0.1, -0.05) is 6.07 Å². The summed E-state index contributed by atoms with van der Waals surface area (Å²) in [6.07, 6.45) is 0.737. The van der Waals surface area contributed by atoms with Crippen molar-refractivity contribution in [1.82, 2.24) is 10.2 Å². The van der Waals surface area contributed by atoms with E-state index in [4.69, 9.17) is 23.7 Å². The van der Waals surface area contributed by atoms with E-state index >= 15 is 0 Å². The lowest BCUT2D eigenvalue weighted by molar-refractivity contribution is -0.124. The lowest BCUT2D eigenvalue weighted by Gasteiger charge is -2.24. The molecule has 1 heterocycles. The zero-order valence-corrected chi connectivity index (χ0v) is 26.2. The van der Waals surface area contributed by atoms with E-state index in [0.29, 0.717) is 89.4 Å². The zero-order chi connectivity index (χ0) is 33.1. The highest BCUT2D eigenvalue weighted by molar-refractivity contribution is 6.25. The fourth-order valence-electron chi connectivity index (χ4n) is 4.58. The van der Waals surface area contributed by atoms with Crippen molar-refractivity contribution in [3.8, 4) is 5.75 Å². The van der Waals surface area contributed by atoms with Crippen molar-refractivity contribution in [3.05, 3.63) is 53.6 Å². The van der Waals surface area contributed by atoms with Crippen molar-refractivity contribution in [1.29, 1.82) is 0 Å². The molecule has 0 aliphatic carbocycles. The molecule has 3 N–H and O–H groups in total. The van der Waals surface area contributed by atoms with Crippen LogP contribution in [0.2, 0.25) is 0 Å². The average molecular weight is 643 g/mol. The Labute approximate surface area is 268 Å². The predicted molar refractivity (Wildman–Crippen MR) is 168 cm³/mol. The molecule has 0 aromatic heterocycles. The third kappa shape index (κ3) is 11.2. The summed E-state index contributed by atoms with van der Waals surface area (Å²) in [4.78, 5) is 61.5. The summed E-state index contributed by atoms with van der Waals surface area (Å²) in [5.41, 5.74) is 1.57. The number of imide groups is 1. The molecule has 14 nitrogen and oxygen atoms in total. The number of carbonyl (C=O) groups is 5. The smallest absolute Gasteiger partial charge is 0.264 e. The number of hydrogen-bond donors (Lipinski definition) is 3. The summed E-state index contributed by atoms with van der Waals surface area (Å²) in [7, 11) is 1.41. The van der Waals surface area contributed by atoms with Crippen LogP contribution in [-0.4, -0.2) is 114 Å². The van der Waals surface area contributed by atoms with Gasteiger partial charge in [0.2, 0.25) is 11.8 Å². The van der Waals surface area contributed by atoms with E-state index in [1.807, 2.05) is 0 Å². The van der Waals surface area contributed by atoms with Gasteiger partial charge in [0.15, 0.2) is 0 Å².